The third-order valence-electron chi connectivity index (χ3n) is 4.78. The normalized spacial score (nSPS) is 11.5. The van der Waals surface area contributed by atoms with E-state index in [9.17, 15) is 13.0 Å². The number of aryl methyl sites for hydroxylation is 1. The molecule has 0 aliphatic rings. The van der Waals surface area contributed by atoms with Crippen LogP contribution in [0.5, 0.6) is 0 Å². The van der Waals surface area contributed by atoms with Gasteiger partial charge in [0.05, 0.1) is 4.90 Å². The fourth-order valence-corrected chi connectivity index (χ4v) is 3.83. The van der Waals surface area contributed by atoms with Gasteiger partial charge in [-0.2, -0.15) is 0 Å². The summed E-state index contributed by atoms with van der Waals surface area (Å²) < 4.78 is 33.5. The first-order valence-corrected chi connectivity index (χ1v) is 10.9. The van der Waals surface area contributed by atoms with Crippen molar-refractivity contribution in [3.05, 3.63) is 42.0 Å². The molecule has 0 N–H and O–H groups in total. The smallest absolute Gasteiger partial charge is 0.744 e. The minimum Gasteiger partial charge on any atom is -0.744 e. The number of hydrogen-bond donors (Lipinski definition) is 0. The summed E-state index contributed by atoms with van der Waals surface area (Å²) in [6, 6.07) is 10.6. The molecule has 2 aromatic rings. The first kappa shape index (κ1) is 23.6. The van der Waals surface area contributed by atoms with Crippen LogP contribution >= 0.6 is 0 Å². The first-order chi connectivity index (χ1) is 12.0. The van der Waals surface area contributed by atoms with Crippen LogP contribution in [0.4, 0.5) is 0 Å². The van der Waals surface area contributed by atoms with E-state index in [0.29, 0.717) is 0 Å². The van der Waals surface area contributed by atoms with Crippen molar-refractivity contribution in [2.45, 2.75) is 76.0 Å². The fourth-order valence-electron chi connectivity index (χ4n) is 3.33. The van der Waals surface area contributed by atoms with Gasteiger partial charge in [0.1, 0.15) is 10.1 Å². The molecule has 138 valence electrons. The molecule has 0 atom stereocenters. The van der Waals surface area contributed by atoms with Crippen molar-refractivity contribution in [1.82, 2.24) is 0 Å². The van der Waals surface area contributed by atoms with Gasteiger partial charge < -0.3 is 4.55 Å². The van der Waals surface area contributed by atoms with Gasteiger partial charge in [-0.3, -0.25) is 0 Å². The Labute approximate surface area is 180 Å². The Kier molecular flexibility index (Phi) is 11.0. The third-order valence-corrected chi connectivity index (χ3v) is 5.61. The van der Waals surface area contributed by atoms with Crippen molar-refractivity contribution in [3.8, 4) is 0 Å². The predicted octanol–water partition coefficient (Wildman–Crippen LogP) is 2.82. The van der Waals surface area contributed by atoms with Crippen molar-refractivity contribution in [3.63, 3.8) is 0 Å². The van der Waals surface area contributed by atoms with E-state index in [1.54, 1.807) is 6.07 Å². The standard InChI is InChI=1S/C21H30O3S.Na/c1-2-3-4-5-6-7-8-9-10-12-18-13-11-14-19-17-20(25(22,23)24)15-16-21(18)19;/h11,13-17H,2-10,12H2,1H3,(H,22,23,24);/q;+1/p-1. The third kappa shape index (κ3) is 7.69. The summed E-state index contributed by atoms with van der Waals surface area (Å²) in [7, 11) is -4.39. The van der Waals surface area contributed by atoms with Gasteiger partial charge in [0.25, 0.3) is 0 Å². The minimum atomic E-state index is -4.39. The summed E-state index contributed by atoms with van der Waals surface area (Å²) in [6.45, 7) is 2.24. The molecule has 0 amide bonds. The molecule has 0 unspecified atom stereocenters. The van der Waals surface area contributed by atoms with Gasteiger partial charge in [0.15, 0.2) is 0 Å². The van der Waals surface area contributed by atoms with E-state index in [0.717, 1.165) is 23.6 Å². The number of rotatable bonds is 11. The number of unbranched alkanes of at least 4 members (excludes halogenated alkanes) is 8. The van der Waals surface area contributed by atoms with Crippen LogP contribution in [0.3, 0.4) is 0 Å². The van der Waals surface area contributed by atoms with Crippen molar-refractivity contribution < 1.29 is 42.5 Å². The maximum Gasteiger partial charge on any atom is 1.00 e. The van der Waals surface area contributed by atoms with E-state index < -0.39 is 10.1 Å². The van der Waals surface area contributed by atoms with Crippen molar-refractivity contribution in [1.29, 1.82) is 0 Å². The second-order valence-electron chi connectivity index (χ2n) is 6.83. The molecule has 0 spiro atoms. The number of benzene rings is 2. The van der Waals surface area contributed by atoms with Crippen LogP contribution in [0.2, 0.25) is 0 Å². The summed E-state index contributed by atoms with van der Waals surface area (Å²) in [5.74, 6) is 0. The number of fused-ring (bicyclic) bond motifs is 1. The molecule has 0 heterocycles. The zero-order valence-electron chi connectivity index (χ0n) is 16.2. The second kappa shape index (κ2) is 12.1. The van der Waals surface area contributed by atoms with E-state index >= 15 is 0 Å². The van der Waals surface area contributed by atoms with Gasteiger partial charge >= 0.3 is 29.6 Å². The summed E-state index contributed by atoms with van der Waals surface area (Å²) in [4.78, 5) is -0.153. The van der Waals surface area contributed by atoms with Gasteiger partial charge in [-0.05, 0) is 41.3 Å². The molecule has 0 radical (unpaired) electrons. The van der Waals surface area contributed by atoms with Gasteiger partial charge in [0.2, 0.25) is 0 Å². The maximum absolute atomic E-state index is 11.2. The van der Waals surface area contributed by atoms with Gasteiger partial charge in [-0.15, -0.1) is 0 Å². The molecule has 0 bridgehead atoms. The van der Waals surface area contributed by atoms with E-state index in [4.69, 9.17) is 0 Å². The van der Waals surface area contributed by atoms with Crippen LogP contribution in [0.15, 0.2) is 41.3 Å². The quantitative estimate of drug-likeness (QED) is 0.340. The molecule has 2 rings (SSSR count). The Morgan fingerprint density at radius 2 is 1.46 bits per heavy atom. The molecule has 26 heavy (non-hydrogen) atoms. The molecule has 0 aromatic heterocycles. The van der Waals surface area contributed by atoms with Crippen molar-refractivity contribution in [2.24, 2.45) is 0 Å². The summed E-state index contributed by atoms with van der Waals surface area (Å²) in [5.41, 5.74) is 1.23. The van der Waals surface area contributed by atoms with Crippen LogP contribution < -0.4 is 29.6 Å². The molecular formula is C21H29NaO3S. The monoisotopic (exact) mass is 384 g/mol. The molecule has 5 heteroatoms. The van der Waals surface area contributed by atoms with E-state index in [1.807, 2.05) is 12.1 Å². The second-order valence-corrected chi connectivity index (χ2v) is 8.21. The Hall–Kier alpha value is -0.390. The van der Waals surface area contributed by atoms with Gasteiger partial charge in [0, 0.05) is 0 Å². The van der Waals surface area contributed by atoms with Crippen LogP contribution in [0, 0.1) is 0 Å². The van der Waals surface area contributed by atoms with Gasteiger partial charge in [-0.25, -0.2) is 8.42 Å². The minimum absolute atomic E-state index is 0. The van der Waals surface area contributed by atoms with E-state index in [1.165, 1.54) is 69.1 Å². The van der Waals surface area contributed by atoms with Crippen LogP contribution in [-0.2, 0) is 16.5 Å². The maximum atomic E-state index is 11.2. The first-order valence-electron chi connectivity index (χ1n) is 9.50. The number of hydrogen-bond acceptors (Lipinski definition) is 3. The Morgan fingerprint density at radius 1 is 0.846 bits per heavy atom. The SMILES string of the molecule is CCCCCCCCCCCc1cccc2cc(S(=O)(=O)[O-])ccc12.[Na+]. The summed E-state index contributed by atoms with van der Waals surface area (Å²) >= 11 is 0. The van der Waals surface area contributed by atoms with E-state index in [-0.39, 0.29) is 34.5 Å². The summed E-state index contributed by atoms with van der Waals surface area (Å²) in [5, 5.41) is 1.87. The van der Waals surface area contributed by atoms with Crippen LogP contribution in [-0.4, -0.2) is 13.0 Å². The molecule has 0 fully saturated rings. The predicted molar refractivity (Wildman–Crippen MR) is 103 cm³/mol. The van der Waals surface area contributed by atoms with E-state index in [2.05, 4.69) is 13.0 Å². The van der Waals surface area contributed by atoms with Gasteiger partial charge in [-0.1, -0.05) is 82.6 Å². The van der Waals surface area contributed by atoms with Crippen molar-refractivity contribution >= 4 is 20.9 Å². The zero-order valence-corrected chi connectivity index (χ0v) is 19.0. The zero-order chi connectivity index (χ0) is 18.1. The molecule has 0 aliphatic heterocycles. The Morgan fingerprint density at radius 3 is 2.08 bits per heavy atom. The topological polar surface area (TPSA) is 57.2 Å². The average Bonchev–Trinajstić information content (AvgIpc) is 2.59. The average molecular weight is 385 g/mol. The largest absolute Gasteiger partial charge is 1.00 e. The molecule has 0 saturated carbocycles. The Bertz CT molecular complexity index is 772. The fraction of sp³-hybridized carbons (Fsp3) is 0.524. The Balaban J connectivity index is 0.00000338. The van der Waals surface area contributed by atoms with Crippen molar-refractivity contribution in [2.75, 3.05) is 0 Å². The molecule has 3 nitrogen and oxygen atoms in total. The molecule has 0 saturated heterocycles. The molecule has 2 aromatic carbocycles. The molecular weight excluding hydrogens is 355 g/mol. The summed E-state index contributed by atoms with van der Waals surface area (Å²) in [6.07, 6.45) is 12.7. The van der Waals surface area contributed by atoms with Crippen LogP contribution in [0.25, 0.3) is 10.8 Å². The molecule has 0 aliphatic carbocycles. The van der Waals surface area contributed by atoms with Crippen LogP contribution in [0.1, 0.15) is 70.3 Å².